The van der Waals surface area contributed by atoms with Gasteiger partial charge in [-0.25, -0.2) is 0 Å². The van der Waals surface area contributed by atoms with Crippen molar-refractivity contribution in [2.24, 2.45) is 0 Å². The molecule has 0 aliphatic carbocycles. The van der Waals surface area contributed by atoms with E-state index >= 15 is 0 Å². The highest BCUT2D eigenvalue weighted by Gasteiger charge is 2.11. The molecular weight excluding hydrogens is 254 g/mol. The number of rotatable bonds is 5. The third-order valence-electron chi connectivity index (χ3n) is 2.20. The van der Waals surface area contributed by atoms with Gasteiger partial charge in [-0.1, -0.05) is 13.8 Å². The number of nitrogens with zero attached hydrogens (tertiary/aromatic N) is 2. The van der Waals surface area contributed by atoms with Crippen LogP contribution >= 0.6 is 15.9 Å². The van der Waals surface area contributed by atoms with Gasteiger partial charge in [0.1, 0.15) is 0 Å². The van der Waals surface area contributed by atoms with Crippen LogP contribution in [0.2, 0.25) is 0 Å². The molecule has 1 rings (SSSR count). The van der Waals surface area contributed by atoms with Gasteiger partial charge in [0, 0.05) is 19.3 Å². The highest BCUT2D eigenvalue weighted by molar-refractivity contribution is 9.10. The highest BCUT2D eigenvalue weighted by Crippen LogP contribution is 2.31. The first-order chi connectivity index (χ1) is 7.20. The Balaban J connectivity index is 2.98. The van der Waals surface area contributed by atoms with E-state index in [-0.39, 0.29) is 0 Å². The van der Waals surface area contributed by atoms with Gasteiger partial charge in [-0.15, -0.1) is 0 Å². The van der Waals surface area contributed by atoms with Gasteiger partial charge in [0.15, 0.2) is 0 Å². The molecule has 0 aromatic carbocycles. The molecule has 0 spiro atoms. The van der Waals surface area contributed by atoms with E-state index in [4.69, 9.17) is 5.73 Å². The van der Waals surface area contributed by atoms with Crippen molar-refractivity contribution in [1.29, 1.82) is 0 Å². The van der Waals surface area contributed by atoms with Crippen molar-refractivity contribution >= 4 is 27.3 Å². The van der Waals surface area contributed by atoms with Gasteiger partial charge in [-0.3, -0.25) is 4.98 Å². The van der Waals surface area contributed by atoms with E-state index in [1.165, 1.54) is 0 Å². The van der Waals surface area contributed by atoms with Crippen LogP contribution in [-0.4, -0.2) is 18.1 Å². The molecule has 84 valence electrons. The molecule has 0 saturated carbocycles. The van der Waals surface area contributed by atoms with Crippen molar-refractivity contribution in [1.82, 2.24) is 4.98 Å². The number of nitrogens with two attached hydrogens (primary N) is 1. The normalized spacial score (nSPS) is 10.3. The summed E-state index contributed by atoms with van der Waals surface area (Å²) in [6, 6.07) is 0. The fourth-order valence-corrected chi connectivity index (χ4v) is 2.25. The third kappa shape index (κ3) is 3.09. The van der Waals surface area contributed by atoms with Crippen molar-refractivity contribution < 1.29 is 0 Å². The van der Waals surface area contributed by atoms with Crippen molar-refractivity contribution in [2.45, 2.75) is 26.7 Å². The zero-order chi connectivity index (χ0) is 11.3. The highest BCUT2D eigenvalue weighted by atomic mass is 79.9. The molecule has 1 aromatic rings. The second-order valence-electron chi connectivity index (χ2n) is 3.55. The minimum atomic E-state index is 0.742. The largest absolute Gasteiger partial charge is 0.396 e. The Kier molecular flexibility index (Phi) is 4.88. The molecule has 0 amide bonds. The van der Waals surface area contributed by atoms with Crippen LogP contribution in [0.5, 0.6) is 0 Å². The second-order valence-corrected chi connectivity index (χ2v) is 4.40. The Bertz CT molecular complexity index is 288. The number of pyridine rings is 1. The van der Waals surface area contributed by atoms with Gasteiger partial charge in [0.25, 0.3) is 0 Å². The molecule has 0 atom stereocenters. The molecule has 0 saturated heterocycles. The lowest BCUT2D eigenvalue weighted by molar-refractivity contribution is 0.744. The van der Waals surface area contributed by atoms with Crippen LogP contribution in [0.3, 0.4) is 0 Å². The zero-order valence-corrected chi connectivity index (χ0v) is 10.9. The number of anilines is 2. The van der Waals surface area contributed by atoms with Crippen LogP contribution in [0.4, 0.5) is 11.4 Å². The molecule has 0 unspecified atom stereocenters. The van der Waals surface area contributed by atoms with E-state index in [1.807, 2.05) is 0 Å². The van der Waals surface area contributed by atoms with Crippen molar-refractivity contribution in [2.75, 3.05) is 23.7 Å². The lowest BCUT2D eigenvalue weighted by atomic mass is 10.2. The summed E-state index contributed by atoms with van der Waals surface area (Å²) in [5.41, 5.74) is 7.77. The minimum absolute atomic E-state index is 0.742. The summed E-state index contributed by atoms with van der Waals surface area (Å²) in [5.74, 6) is 0. The van der Waals surface area contributed by atoms with Crippen LogP contribution in [0.1, 0.15) is 26.7 Å². The predicted octanol–water partition coefficient (Wildman–Crippen LogP) is 3.05. The second kappa shape index (κ2) is 5.95. The first kappa shape index (κ1) is 12.3. The van der Waals surface area contributed by atoms with E-state index in [9.17, 15) is 0 Å². The van der Waals surface area contributed by atoms with E-state index in [0.717, 1.165) is 41.8 Å². The molecule has 3 nitrogen and oxygen atoms in total. The van der Waals surface area contributed by atoms with Gasteiger partial charge < -0.3 is 10.6 Å². The molecule has 0 bridgehead atoms. The molecule has 0 fully saturated rings. The summed E-state index contributed by atoms with van der Waals surface area (Å²) in [6.07, 6.45) is 5.74. The smallest absolute Gasteiger partial charge is 0.0776 e. The first-order valence-electron chi connectivity index (χ1n) is 5.34. The molecule has 1 aromatic heterocycles. The maximum atomic E-state index is 5.95. The average Bonchev–Trinajstić information content (AvgIpc) is 2.18. The molecule has 2 N–H and O–H groups in total. The summed E-state index contributed by atoms with van der Waals surface area (Å²) in [5, 5.41) is 0. The van der Waals surface area contributed by atoms with E-state index in [1.54, 1.807) is 12.4 Å². The van der Waals surface area contributed by atoms with E-state index in [0.29, 0.717) is 0 Å². The minimum Gasteiger partial charge on any atom is -0.396 e. The Labute approximate surface area is 99.8 Å². The Morgan fingerprint density at radius 1 is 1.27 bits per heavy atom. The maximum absolute atomic E-state index is 5.95. The molecule has 1 heterocycles. The fraction of sp³-hybridized carbons (Fsp3) is 0.545. The lowest BCUT2D eigenvalue weighted by Crippen LogP contribution is -2.26. The van der Waals surface area contributed by atoms with Crippen molar-refractivity contribution in [3.8, 4) is 0 Å². The fourth-order valence-electron chi connectivity index (χ4n) is 1.65. The molecule has 0 aliphatic heterocycles. The summed E-state index contributed by atoms with van der Waals surface area (Å²) in [6.45, 7) is 6.41. The Hall–Kier alpha value is -0.770. The third-order valence-corrected chi connectivity index (χ3v) is 2.78. The van der Waals surface area contributed by atoms with Crippen LogP contribution in [0.15, 0.2) is 16.9 Å². The summed E-state index contributed by atoms with van der Waals surface area (Å²) >= 11 is 3.50. The molecule has 15 heavy (non-hydrogen) atoms. The van der Waals surface area contributed by atoms with Gasteiger partial charge in [0.05, 0.1) is 22.0 Å². The van der Waals surface area contributed by atoms with Gasteiger partial charge in [-0.05, 0) is 28.8 Å². The SMILES string of the molecule is CCCN(CCC)c1c(N)cncc1Br. The number of halogens is 1. The van der Waals surface area contributed by atoms with Crippen LogP contribution in [0.25, 0.3) is 0 Å². The Morgan fingerprint density at radius 2 is 1.87 bits per heavy atom. The zero-order valence-electron chi connectivity index (χ0n) is 9.33. The molecule has 0 radical (unpaired) electrons. The number of nitrogen functional groups attached to an aromatic ring is 1. The van der Waals surface area contributed by atoms with Crippen LogP contribution < -0.4 is 10.6 Å². The lowest BCUT2D eigenvalue weighted by Gasteiger charge is -2.26. The van der Waals surface area contributed by atoms with Gasteiger partial charge in [0.2, 0.25) is 0 Å². The molecule has 0 aliphatic rings. The van der Waals surface area contributed by atoms with E-state index < -0.39 is 0 Å². The molecular formula is C11H18BrN3. The standard InChI is InChI=1S/C11H18BrN3/c1-3-5-15(6-4-2)11-9(12)7-14-8-10(11)13/h7-8H,3-6,13H2,1-2H3. The van der Waals surface area contributed by atoms with E-state index in [2.05, 4.69) is 39.7 Å². The molecule has 4 heteroatoms. The summed E-state index contributed by atoms with van der Waals surface area (Å²) in [7, 11) is 0. The van der Waals surface area contributed by atoms with Crippen molar-refractivity contribution in [3.63, 3.8) is 0 Å². The number of hydrogen-bond donors (Lipinski definition) is 1. The van der Waals surface area contributed by atoms with Crippen molar-refractivity contribution in [3.05, 3.63) is 16.9 Å². The monoisotopic (exact) mass is 271 g/mol. The summed E-state index contributed by atoms with van der Waals surface area (Å²) in [4.78, 5) is 6.36. The van der Waals surface area contributed by atoms with Crippen LogP contribution in [0, 0.1) is 0 Å². The van der Waals surface area contributed by atoms with Gasteiger partial charge >= 0.3 is 0 Å². The quantitative estimate of drug-likeness (QED) is 0.895. The number of hydrogen-bond acceptors (Lipinski definition) is 3. The Morgan fingerprint density at radius 3 is 2.33 bits per heavy atom. The maximum Gasteiger partial charge on any atom is 0.0776 e. The average molecular weight is 272 g/mol. The first-order valence-corrected chi connectivity index (χ1v) is 6.13. The predicted molar refractivity (Wildman–Crippen MR) is 69.1 cm³/mol. The summed E-state index contributed by atoms with van der Waals surface area (Å²) < 4.78 is 0.976. The number of aromatic nitrogens is 1. The topological polar surface area (TPSA) is 42.1 Å². The van der Waals surface area contributed by atoms with Crippen LogP contribution in [-0.2, 0) is 0 Å². The van der Waals surface area contributed by atoms with Gasteiger partial charge in [-0.2, -0.15) is 0 Å².